The summed E-state index contributed by atoms with van der Waals surface area (Å²) in [7, 11) is 0. The second-order valence-electron chi connectivity index (χ2n) is 12.6. The molecule has 0 saturated carbocycles. The van der Waals surface area contributed by atoms with Gasteiger partial charge in [-0.3, -0.25) is 0 Å². The number of nitrogens with zero attached hydrogens (tertiary/aromatic N) is 1. The molecule has 0 radical (unpaired) electrons. The van der Waals surface area contributed by atoms with Crippen molar-refractivity contribution in [2.75, 3.05) is 4.90 Å². The van der Waals surface area contributed by atoms with E-state index in [0.717, 1.165) is 56.0 Å². The van der Waals surface area contributed by atoms with Gasteiger partial charge in [-0.2, -0.15) is 0 Å². The van der Waals surface area contributed by atoms with Crippen LogP contribution in [0.15, 0.2) is 143 Å². The SMILES string of the molecule is Cc1ccc2c(c1)B1c3cc(C)ccc3Oc3c4c(cc(c31)O2)-c1ccc(N(c2ccccc2)c2ccccc2)c2cccc(c12)S4. The zero-order valence-electron chi connectivity index (χ0n) is 26.0. The van der Waals surface area contributed by atoms with Gasteiger partial charge in [0.1, 0.15) is 23.0 Å². The summed E-state index contributed by atoms with van der Waals surface area (Å²) in [6, 6.07) is 47.8. The molecule has 0 aromatic heterocycles. The number of benzene rings is 7. The Morgan fingerprint density at radius 3 is 1.91 bits per heavy atom. The fourth-order valence-corrected chi connectivity index (χ4v) is 8.84. The molecule has 0 unspecified atom stereocenters. The largest absolute Gasteiger partial charge is 0.458 e. The van der Waals surface area contributed by atoms with Crippen LogP contribution in [0.2, 0.25) is 0 Å². The third-order valence-electron chi connectivity index (χ3n) is 9.66. The van der Waals surface area contributed by atoms with Gasteiger partial charge in [0, 0.05) is 38.1 Å². The van der Waals surface area contributed by atoms with Gasteiger partial charge >= 0.3 is 0 Å². The Hall–Kier alpha value is -5.39. The molecule has 7 aromatic rings. The molecule has 0 spiro atoms. The van der Waals surface area contributed by atoms with Gasteiger partial charge in [0.25, 0.3) is 6.71 Å². The second-order valence-corrected chi connectivity index (χ2v) is 13.7. The van der Waals surface area contributed by atoms with Gasteiger partial charge in [-0.05, 0) is 84.9 Å². The molecule has 0 aliphatic carbocycles. The van der Waals surface area contributed by atoms with E-state index in [1.54, 1.807) is 0 Å². The summed E-state index contributed by atoms with van der Waals surface area (Å²) in [5.74, 6) is 3.62. The molecule has 0 N–H and O–H groups in total. The molecule has 0 amide bonds. The molecule has 5 heteroatoms. The van der Waals surface area contributed by atoms with Crippen molar-refractivity contribution in [1.82, 2.24) is 0 Å². The molecule has 7 aromatic carbocycles. The van der Waals surface area contributed by atoms with Gasteiger partial charge in [0.15, 0.2) is 0 Å². The molecule has 10 rings (SSSR count). The number of hydrogen-bond donors (Lipinski definition) is 0. The Morgan fingerprint density at radius 2 is 1.23 bits per heavy atom. The predicted octanol–water partition coefficient (Wildman–Crippen LogP) is 9.79. The average molecular weight is 622 g/mol. The normalized spacial score (nSPS) is 13.1. The van der Waals surface area contributed by atoms with Gasteiger partial charge in [-0.15, -0.1) is 0 Å². The molecule has 0 saturated heterocycles. The summed E-state index contributed by atoms with van der Waals surface area (Å²) < 4.78 is 13.7. The standard InChI is InChI=1S/C42H28BNO2S/c1-25-16-20-35-32(22-25)43-33-23-26(2)17-21-36(33)46-41-40(43)37(45-35)24-31-29-18-19-34(30-14-9-15-38(39(29)30)47-42(31)41)44(27-10-5-3-6-11-27)28-12-7-4-8-13-28/h3-24H,1-2H3. The highest BCUT2D eigenvalue weighted by Crippen LogP contribution is 2.56. The first-order chi connectivity index (χ1) is 23.1. The molecule has 3 aliphatic rings. The van der Waals surface area contributed by atoms with E-state index in [-0.39, 0.29) is 6.71 Å². The van der Waals surface area contributed by atoms with Gasteiger partial charge in [-0.1, -0.05) is 102 Å². The van der Waals surface area contributed by atoms with E-state index in [9.17, 15) is 0 Å². The topological polar surface area (TPSA) is 21.7 Å². The molecular weight excluding hydrogens is 593 g/mol. The van der Waals surface area contributed by atoms with Crippen LogP contribution in [-0.4, -0.2) is 6.71 Å². The summed E-state index contributed by atoms with van der Waals surface area (Å²) >= 11 is 1.81. The zero-order valence-corrected chi connectivity index (χ0v) is 26.8. The van der Waals surface area contributed by atoms with E-state index in [4.69, 9.17) is 9.47 Å². The molecular formula is C42H28BNO2S. The van der Waals surface area contributed by atoms with Crippen LogP contribution in [0.1, 0.15) is 11.1 Å². The Morgan fingerprint density at radius 1 is 0.574 bits per heavy atom. The van der Waals surface area contributed by atoms with Crippen LogP contribution in [0.4, 0.5) is 17.1 Å². The van der Waals surface area contributed by atoms with Crippen molar-refractivity contribution in [3.63, 3.8) is 0 Å². The first-order valence-electron chi connectivity index (χ1n) is 16.0. The van der Waals surface area contributed by atoms with Gasteiger partial charge in [-0.25, -0.2) is 0 Å². The van der Waals surface area contributed by atoms with E-state index in [0.29, 0.717) is 0 Å². The third-order valence-corrected chi connectivity index (χ3v) is 10.8. The lowest BCUT2D eigenvalue weighted by Gasteiger charge is -2.36. The van der Waals surface area contributed by atoms with E-state index in [1.165, 1.54) is 43.3 Å². The summed E-state index contributed by atoms with van der Waals surface area (Å²) in [4.78, 5) is 4.73. The molecule has 0 atom stereocenters. The molecule has 3 aliphatic heterocycles. The highest BCUT2D eigenvalue weighted by molar-refractivity contribution is 8.00. The highest BCUT2D eigenvalue weighted by atomic mass is 32.2. The quantitative estimate of drug-likeness (QED) is 0.183. The number of fused-ring (bicyclic) bond motifs is 7. The lowest BCUT2D eigenvalue weighted by atomic mass is 9.34. The summed E-state index contributed by atoms with van der Waals surface area (Å²) in [6.07, 6.45) is 0. The van der Waals surface area contributed by atoms with Crippen molar-refractivity contribution < 1.29 is 9.47 Å². The predicted molar refractivity (Wildman–Crippen MR) is 195 cm³/mol. The summed E-state index contributed by atoms with van der Waals surface area (Å²) in [5, 5.41) is 2.46. The summed E-state index contributed by atoms with van der Waals surface area (Å²) in [6.45, 7) is 4.35. The van der Waals surface area contributed by atoms with E-state index in [1.807, 2.05) is 11.8 Å². The number of hydrogen-bond acceptors (Lipinski definition) is 4. The van der Waals surface area contributed by atoms with E-state index < -0.39 is 0 Å². The van der Waals surface area contributed by atoms with Crippen LogP contribution < -0.4 is 30.8 Å². The molecule has 3 heterocycles. The Bertz CT molecular complexity index is 2370. The van der Waals surface area contributed by atoms with Crippen LogP contribution >= 0.6 is 11.8 Å². The first kappa shape index (κ1) is 26.8. The third kappa shape index (κ3) is 3.96. The Labute approximate surface area is 278 Å². The molecule has 47 heavy (non-hydrogen) atoms. The number of para-hydroxylation sites is 2. The van der Waals surface area contributed by atoms with Gasteiger partial charge < -0.3 is 14.4 Å². The number of ether oxygens (including phenoxy) is 2. The minimum atomic E-state index is 0.0445. The van der Waals surface area contributed by atoms with Crippen molar-refractivity contribution >= 4 is 62.7 Å². The first-order valence-corrected chi connectivity index (χ1v) is 16.9. The maximum Gasteiger partial charge on any atom is 0.260 e. The number of rotatable bonds is 3. The molecule has 0 fully saturated rings. The minimum Gasteiger partial charge on any atom is -0.458 e. The van der Waals surface area contributed by atoms with Crippen LogP contribution in [0.3, 0.4) is 0 Å². The van der Waals surface area contributed by atoms with Gasteiger partial charge in [0.05, 0.1) is 10.6 Å². The van der Waals surface area contributed by atoms with Crippen molar-refractivity contribution in [3.8, 4) is 34.1 Å². The van der Waals surface area contributed by atoms with Crippen LogP contribution in [0.5, 0.6) is 23.0 Å². The average Bonchev–Trinajstić information content (AvgIpc) is 3.10. The fourth-order valence-electron chi connectivity index (χ4n) is 7.62. The van der Waals surface area contributed by atoms with Gasteiger partial charge in [0.2, 0.25) is 0 Å². The molecule has 3 nitrogen and oxygen atoms in total. The minimum absolute atomic E-state index is 0.0445. The lowest BCUT2D eigenvalue weighted by Crippen LogP contribution is -2.57. The second kappa shape index (κ2) is 10.1. The van der Waals surface area contributed by atoms with Crippen LogP contribution in [0, 0.1) is 13.8 Å². The fraction of sp³-hybridized carbons (Fsp3) is 0.0476. The number of anilines is 3. The van der Waals surface area contributed by atoms with E-state index in [2.05, 4.69) is 152 Å². The Kier molecular flexibility index (Phi) is 5.73. The molecule has 0 bridgehead atoms. The smallest absolute Gasteiger partial charge is 0.260 e. The maximum atomic E-state index is 6.90. The Balaban J connectivity index is 1.22. The number of aryl methyl sites for hydroxylation is 2. The van der Waals surface area contributed by atoms with Crippen LogP contribution in [-0.2, 0) is 0 Å². The van der Waals surface area contributed by atoms with Crippen molar-refractivity contribution in [2.24, 2.45) is 0 Å². The van der Waals surface area contributed by atoms with Crippen molar-refractivity contribution in [2.45, 2.75) is 23.6 Å². The maximum absolute atomic E-state index is 6.90. The summed E-state index contributed by atoms with van der Waals surface area (Å²) in [5.41, 5.74) is 11.7. The van der Waals surface area contributed by atoms with Crippen molar-refractivity contribution in [1.29, 1.82) is 0 Å². The zero-order chi connectivity index (χ0) is 31.2. The molecule has 222 valence electrons. The van der Waals surface area contributed by atoms with E-state index >= 15 is 0 Å². The lowest BCUT2D eigenvalue weighted by molar-refractivity contribution is 0.457. The van der Waals surface area contributed by atoms with Crippen molar-refractivity contribution in [3.05, 3.63) is 145 Å². The monoisotopic (exact) mass is 621 g/mol. The highest BCUT2D eigenvalue weighted by Gasteiger charge is 2.43. The van der Waals surface area contributed by atoms with Crippen LogP contribution in [0.25, 0.3) is 21.9 Å².